The molecule has 0 radical (unpaired) electrons. The number of aromatic nitrogens is 1. The number of benzene rings is 2. The van der Waals surface area contributed by atoms with E-state index in [1.807, 2.05) is 35.2 Å². The third-order valence-electron chi connectivity index (χ3n) is 5.31. The Labute approximate surface area is 238 Å². The summed E-state index contributed by atoms with van der Waals surface area (Å²) in [6.07, 6.45) is 2.83. The van der Waals surface area contributed by atoms with Gasteiger partial charge in [-0.15, -0.1) is 22.9 Å². The highest BCUT2D eigenvalue weighted by atomic mass is 35.5. The summed E-state index contributed by atoms with van der Waals surface area (Å²) in [4.78, 5) is 10.1. The summed E-state index contributed by atoms with van der Waals surface area (Å²) in [5.41, 5.74) is -0.273. The maximum atomic E-state index is 13.8. The minimum atomic E-state index is -4.57. The zero-order chi connectivity index (χ0) is 28.8. The minimum absolute atomic E-state index is 0.118. The maximum absolute atomic E-state index is 13.8. The Balaban J connectivity index is 1.49. The lowest BCUT2D eigenvalue weighted by molar-refractivity contribution is -0.697. The van der Waals surface area contributed by atoms with Crippen LogP contribution in [0, 0.1) is 17.1 Å². The number of sulfonamides is 1. The molecule has 0 saturated heterocycles. The van der Waals surface area contributed by atoms with Crippen LogP contribution >= 0.6 is 30.5 Å². The van der Waals surface area contributed by atoms with Crippen molar-refractivity contribution in [2.45, 2.75) is 10.8 Å². The fraction of sp³-hybridized carbons (Fsp3) is 0.200. The average molecular weight is 627 g/mol. The summed E-state index contributed by atoms with van der Waals surface area (Å²) in [5, 5.41) is 9.35. The molecule has 0 amide bonds. The number of hydrogen-bond acceptors (Lipinski definition) is 8. The van der Waals surface area contributed by atoms with Crippen LogP contribution in [0.15, 0.2) is 71.2 Å². The van der Waals surface area contributed by atoms with E-state index in [-0.39, 0.29) is 28.0 Å². The summed E-state index contributed by atoms with van der Waals surface area (Å²) < 4.78 is 73.2. The molecule has 0 aliphatic heterocycles. The van der Waals surface area contributed by atoms with Crippen molar-refractivity contribution < 1.29 is 40.8 Å². The SMILES string of the molecule is N#Cc1ccc(OP(=O)(O)CNS(=O)(=O)c2cc3cc(OCC[n+]4ccccc4)c(OCCCl)cc3s2)cc1F. The number of nitrogens with one attached hydrogen (secondary N) is 1. The molecule has 0 aliphatic carbocycles. The van der Waals surface area contributed by atoms with Gasteiger partial charge in [0.2, 0.25) is 0 Å². The van der Waals surface area contributed by atoms with E-state index in [4.69, 9.17) is 30.9 Å². The van der Waals surface area contributed by atoms with Crippen LogP contribution in [0.3, 0.4) is 0 Å². The molecule has 2 aromatic heterocycles. The van der Waals surface area contributed by atoms with Crippen LogP contribution in [0.5, 0.6) is 17.2 Å². The first-order chi connectivity index (χ1) is 19.1. The van der Waals surface area contributed by atoms with Crippen LogP contribution in [0.2, 0.25) is 0 Å². The van der Waals surface area contributed by atoms with Gasteiger partial charge in [0.05, 0.1) is 11.4 Å². The molecule has 0 aliphatic rings. The van der Waals surface area contributed by atoms with Crippen molar-refractivity contribution in [3.63, 3.8) is 0 Å². The van der Waals surface area contributed by atoms with Crippen LogP contribution in [0.25, 0.3) is 10.1 Å². The van der Waals surface area contributed by atoms with Gasteiger partial charge in [0, 0.05) is 29.0 Å². The first kappa shape index (κ1) is 29.7. The van der Waals surface area contributed by atoms with Crippen molar-refractivity contribution in [3.05, 3.63) is 78.4 Å². The van der Waals surface area contributed by atoms with E-state index in [1.54, 1.807) is 18.2 Å². The quantitative estimate of drug-likeness (QED) is 0.127. The van der Waals surface area contributed by atoms with Crippen molar-refractivity contribution in [1.82, 2.24) is 4.72 Å². The lowest BCUT2D eigenvalue weighted by atomic mass is 10.2. The van der Waals surface area contributed by atoms with Gasteiger partial charge < -0.3 is 18.9 Å². The minimum Gasteiger partial charge on any atom is -0.488 e. The second-order valence-corrected chi connectivity index (χ2v) is 13.4. The summed E-state index contributed by atoms with van der Waals surface area (Å²) in [7, 11) is -8.79. The Morgan fingerprint density at radius 2 is 1.82 bits per heavy atom. The van der Waals surface area contributed by atoms with Crippen molar-refractivity contribution in [2.75, 3.05) is 25.4 Å². The highest BCUT2D eigenvalue weighted by molar-refractivity contribution is 7.92. The molecule has 15 heteroatoms. The smallest absolute Gasteiger partial charge is 0.391 e. The third kappa shape index (κ3) is 7.69. The monoisotopic (exact) mass is 626 g/mol. The summed E-state index contributed by atoms with van der Waals surface area (Å²) in [5.74, 6) is -0.225. The maximum Gasteiger partial charge on any atom is 0.391 e. The molecule has 4 rings (SSSR count). The van der Waals surface area contributed by atoms with Crippen molar-refractivity contribution in [1.29, 1.82) is 5.26 Å². The van der Waals surface area contributed by atoms with Crippen molar-refractivity contribution >= 4 is 50.6 Å². The van der Waals surface area contributed by atoms with Gasteiger partial charge in [-0.25, -0.2) is 21.9 Å². The van der Waals surface area contributed by atoms with Crippen LogP contribution in [0.4, 0.5) is 4.39 Å². The molecule has 0 bridgehead atoms. The third-order valence-corrected chi connectivity index (χ3v) is 9.70. The number of ether oxygens (including phenoxy) is 2. The second kappa shape index (κ2) is 13.0. The highest BCUT2D eigenvalue weighted by Crippen LogP contribution is 2.43. The van der Waals surface area contributed by atoms with E-state index in [2.05, 4.69) is 4.72 Å². The fourth-order valence-electron chi connectivity index (χ4n) is 3.45. The lowest BCUT2D eigenvalue weighted by Crippen LogP contribution is -2.35. The van der Waals surface area contributed by atoms with E-state index in [0.29, 0.717) is 34.7 Å². The van der Waals surface area contributed by atoms with Crippen LogP contribution in [0.1, 0.15) is 5.56 Å². The van der Waals surface area contributed by atoms with Gasteiger partial charge in [-0.1, -0.05) is 6.07 Å². The number of hydrogen-bond donors (Lipinski definition) is 2. The van der Waals surface area contributed by atoms with Gasteiger partial charge in [-0.3, -0.25) is 0 Å². The number of nitrogens with zero attached hydrogens (tertiary/aromatic N) is 2. The highest BCUT2D eigenvalue weighted by Gasteiger charge is 2.27. The molecule has 0 spiro atoms. The van der Waals surface area contributed by atoms with Crippen molar-refractivity contribution in [2.24, 2.45) is 0 Å². The molecular formula is C25H23ClFN3O7PS2+. The molecular weight excluding hydrogens is 604 g/mol. The largest absolute Gasteiger partial charge is 0.488 e. The molecule has 0 fully saturated rings. The van der Waals surface area contributed by atoms with Gasteiger partial charge in [-0.05, 0) is 29.7 Å². The molecule has 1 unspecified atom stereocenters. The van der Waals surface area contributed by atoms with Gasteiger partial charge in [0.25, 0.3) is 10.0 Å². The predicted octanol–water partition coefficient (Wildman–Crippen LogP) is 4.40. The predicted molar refractivity (Wildman–Crippen MR) is 147 cm³/mol. The Morgan fingerprint density at radius 1 is 1.10 bits per heavy atom. The Kier molecular flexibility index (Phi) is 9.63. The van der Waals surface area contributed by atoms with Gasteiger partial charge in [0.15, 0.2) is 30.4 Å². The van der Waals surface area contributed by atoms with Gasteiger partial charge in [-0.2, -0.15) is 9.98 Å². The fourth-order valence-corrected chi connectivity index (χ4v) is 7.48. The van der Waals surface area contributed by atoms with E-state index in [9.17, 15) is 22.3 Å². The first-order valence-corrected chi connectivity index (χ1v) is 16.2. The Bertz CT molecular complexity index is 1700. The molecule has 2 aromatic carbocycles. The number of pyridine rings is 1. The second-order valence-electron chi connectivity index (χ2n) is 8.19. The number of nitriles is 1. The van der Waals surface area contributed by atoms with E-state index < -0.39 is 29.7 Å². The van der Waals surface area contributed by atoms with E-state index >= 15 is 0 Å². The first-order valence-electron chi connectivity index (χ1n) is 11.6. The van der Waals surface area contributed by atoms with E-state index in [1.165, 1.54) is 6.07 Å². The molecule has 2 heterocycles. The Morgan fingerprint density at radius 3 is 2.52 bits per heavy atom. The van der Waals surface area contributed by atoms with Crippen molar-refractivity contribution in [3.8, 4) is 23.3 Å². The Hall–Kier alpha value is -3.24. The number of alkyl halides is 1. The zero-order valence-corrected chi connectivity index (χ0v) is 24.0. The van der Waals surface area contributed by atoms with Gasteiger partial charge in [0.1, 0.15) is 41.3 Å². The number of fused-ring (bicyclic) bond motifs is 1. The molecule has 1 atom stereocenters. The molecule has 40 heavy (non-hydrogen) atoms. The normalized spacial score (nSPS) is 12.9. The van der Waals surface area contributed by atoms with Crippen LogP contribution in [-0.4, -0.2) is 38.7 Å². The topological polar surface area (TPSA) is 139 Å². The molecule has 4 aromatic rings. The number of halogens is 2. The number of rotatable bonds is 13. The molecule has 0 saturated carbocycles. The number of thiophene rings is 1. The molecule has 2 N–H and O–H groups in total. The van der Waals surface area contributed by atoms with E-state index in [0.717, 1.165) is 29.5 Å². The zero-order valence-electron chi connectivity index (χ0n) is 20.7. The van der Waals surface area contributed by atoms with Crippen LogP contribution < -0.4 is 23.3 Å². The average Bonchev–Trinajstić information content (AvgIpc) is 3.35. The summed E-state index contributed by atoms with van der Waals surface area (Å²) >= 11 is 6.70. The lowest BCUT2D eigenvalue weighted by Gasteiger charge is -2.14. The molecule has 10 nitrogen and oxygen atoms in total. The van der Waals surface area contributed by atoms with Gasteiger partial charge >= 0.3 is 7.60 Å². The summed E-state index contributed by atoms with van der Waals surface area (Å²) in [6.45, 7) is 1.10. The molecule has 210 valence electrons. The standard InChI is InChI=1S/C25H22ClFN3O7PS2/c26-6-10-35-23-15-24-19(12-22(23)36-11-9-30-7-2-1-3-8-30)13-25(39-24)40(33,34)29-17-38(31,32)37-20-5-4-18(16-28)21(27)14-20/h1-5,7-8,12-15,29H,6,9-11,17H2/p+1. The van der Waals surface area contributed by atoms with Crippen LogP contribution in [-0.2, 0) is 21.1 Å². The summed E-state index contributed by atoms with van der Waals surface area (Å²) in [6, 6.07) is 15.0.